The van der Waals surface area contributed by atoms with Crippen LogP contribution in [0.3, 0.4) is 0 Å². The van der Waals surface area contributed by atoms with Gasteiger partial charge < -0.3 is 5.32 Å². The van der Waals surface area contributed by atoms with Crippen molar-refractivity contribution in [2.24, 2.45) is 0 Å². The first-order valence-corrected chi connectivity index (χ1v) is 12.1. The Hall–Kier alpha value is -2.48. The monoisotopic (exact) mass is 440 g/mol. The number of thiophene rings is 1. The lowest BCUT2D eigenvalue weighted by Gasteiger charge is -2.28. The zero-order valence-corrected chi connectivity index (χ0v) is 18.9. The Morgan fingerprint density at radius 1 is 1.03 bits per heavy atom. The number of sulfonamides is 1. The second kappa shape index (κ2) is 7.98. The summed E-state index contributed by atoms with van der Waals surface area (Å²) in [6.07, 6.45) is 0.657. The van der Waals surface area contributed by atoms with E-state index in [1.165, 1.54) is 15.6 Å². The minimum absolute atomic E-state index is 0.149. The lowest BCUT2D eigenvalue weighted by atomic mass is 9.98. The van der Waals surface area contributed by atoms with Crippen LogP contribution in [0, 0.1) is 20.8 Å². The number of hydrogen-bond acceptors (Lipinski definition) is 4. The second-order valence-electron chi connectivity index (χ2n) is 7.73. The highest BCUT2D eigenvalue weighted by atomic mass is 32.2. The highest BCUT2D eigenvalue weighted by molar-refractivity contribution is 7.91. The molecule has 0 aliphatic carbocycles. The standard InChI is InChI=1S/C23H24N2O3S2/c1-15-11-16(2)22(17(3)12-15)23(26)24-20-7-6-18-8-9-25(14-19(18)13-20)30(27,28)21-5-4-10-29-21/h4-7,10-13H,8-9,14H2,1-3H3,(H,24,26). The molecule has 0 unspecified atom stereocenters. The van der Waals surface area contributed by atoms with Gasteiger partial charge in [0.05, 0.1) is 0 Å². The number of anilines is 1. The molecule has 1 N–H and O–H groups in total. The fourth-order valence-corrected chi connectivity index (χ4v) is 6.65. The molecule has 1 aromatic heterocycles. The Bertz CT molecular complexity index is 1190. The minimum Gasteiger partial charge on any atom is -0.322 e. The number of carbonyl (C=O) groups is 1. The largest absolute Gasteiger partial charge is 0.322 e. The molecular formula is C23H24N2O3S2. The van der Waals surface area contributed by atoms with E-state index in [4.69, 9.17) is 0 Å². The van der Waals surface area contributed by atoms with Gasteiger partial charge in [-0.25, -0.2) is 8.42 Å². The molecule has 3 aromatic rings. The van der Waals surface area contributed by atoms with Crippen LogP contribution >= 0.6 is 11.3 Å². The number of fused-ring (bicyclic) bond motifs is 1. The number of carbonyl (C=O) groups excluding carboxylic acids is 1. The van der Waals surface area contributed by atoms with Crippen molar-refractivity contribution < 1.29 is 13.2 Å². The normalized spacial score (nSPS) is 14.4. The first-order valence-electron chi connectivity index (χ1n) is 9.80. The summed E-state index contributed by atoms with van der Waals surface area (Å²) in [5.74, 6) is -0.149. The van der Waals surface area contributed by atoms with Crippen LogP contribution in [0.25, 0.3) is 0 Å². The molecule has 7 heteroatoms. The summed E-state index contributed by atoms with van der Waals surface area (Å²) in [6, 6.07) is 13.1. The molecule has 0 spiro atoms. The summed E-state index contributed by atoms with van der Waals surface area (Å²) < 4.78 is 27.6. The SMILES string of the molecule is Cc1cc(C)c(C(=O)Nc2ccc3c(c2)CN(S(=O)(=O)c2cccs2)CC3)c(C)c1. The van der Waals surface area contributed by atoms with E-state index in [2.05, 4.69) is 5.32 Å². The van der Waals surface area contributed by atoms with Crippen molar-refractivity contribution in [3.05, 3.63) is 81.2 Å². The maximum Gasteiger partial charge on any atom is 0.256 e. The quantitative estimate of drug-likeness (QED) is 0.641. The lowest BCUT2D eigenvalue weighted by Crippen LogP contribution is -2.35. The van der Waals surface area contributed by atoms with Crippen LogP contribution in [0.4, 0.5) is 5.69 Å². The molecule has 0 saturated carbocycles. The molecule has 0 saturated heterocycles. The molecule has 156 valence electrons. The van der Waals surface area contributed by atoms with Crippen LogP contribution in [-0.2, 0) is 23.0 Å². The maximum absolute atomic E-state index is 12.9. The summed E-state index contributed by atoms with van der Waals surface area (Å²) in [5.41, 5.74) is 6.41. The molecule has 1 aliphatic heterocycles. The van der Waals surface area contributed by atoms with Gasteiger partial charge in [0.25, 0.3) is 15.9 Å². The fraction of sp³-hybridized carbons (Fsp3) is 0.261. The molecule has 0 radical (unpaired) electrons. The summed E-state index contributed by atoms with van der Waals surface area (Å²) in [4.78, 5) is 12.9. The van der Waals surface area contributed by atoms with Gasteiger partial charge in [-0.3, -0.25) is 4.79 Å². The topological polar surface area (TPSA) is 66.5 Å². The summed E-state index contributed by atoms with van der Waals surface area (Å²) >= 11 is 1.23. The van der Waals surface area contributed by atoms with Gasteiger partial charge in [0, 0.05) is 24.3 Å². The van der Waals surface area contributed by atoms with Crippen molar-refractivity contribution in [2.45, 2.75) is 37.9 Å². The second-order valence-corrected chi connectivity index (χ2v) is 10.8. The van der Waals surface area contributed by atoms with Gasteiger partial charge in [-0.2, -0.15) is 4.31 Å². The number of aryl methyl sites for hydroxylation is 3. The van der Waals surface area contributed by atoms with Crippen LogP contribution in [-0.4, -0.2) is 25.2 Å². The molecule has 5 nitrogen and oxygen atoms in total. The molecule has 2 heterocycles. The first kappa shape index (κ1) is 20.8. The van der Waals surface area contributed by atoms with Crippen molar-refractivity contribution in [1.29, 1.82) is 0 Å². The van der Waals surface area contributed by atoms with Crippen LogP contribution < -0.4 is 5.32 Å². The average molecular weight is 441 g/mol. The van der Waals surface area contributed by atoms with Gasteiger partial charge in [-0.15, -0.1) is 11.3 Å². The van der Waals surface area contributed by atoms with E-state index < -0.39 is 10.0 Å². The Balaban J connectivity index is 1.57. The third-order valence-electron chi connectivity index (χ3n) is 5.43. The molecule has 0 bridgehead atoms. The average Bonchev–Trinajstić information content (AvgIpc) is 3.22. The van der Waals surface area contributed by atoms with Crippen molar-refractivity contribution in [2.75, 3.05) is 11.9 Å². The van der Waals surface area contributed by atoms with Crippen molar-refractivity contribution in [3.8, 4) is 0 Å². The number of nitrogens with one attached hydrogen (secondary N) is 1. The molecular weight excluding hydrogens is 416 g/mol. The Morgan fingerprint density at radius 3 is 2.43 bits per heavy atom. The van der Waals surface area contributed by atoms with E-state index in [-0.39, 0.29) is 5.91 Å². The van der Waals surface area contributed by atoms with E-state index in [0.717, 1.165) is 27.8 Å². The van der Waals surface area contributed by atoms with Gasteiger partial charge in [0.15, 0.2) is 0 Å². The summed E-state index contributed by atoms with van der Waals surface area (Å²) in [5, 5.41) is 4.76. The Kier molecular flexibility index (Phi) is 5.53. The molecule has 2 aromatic carbocycles. The first-order chi connectivity index (χ1) is 14.3. The van der Waals surface area contributed by atoms with E-state index >= 15 is 0 Å². The third kappa shape index (κ3) is 3.93. The van der Waals surface area contributed by atoms with Gasteiger partial charge >= 0.3 is 0 Å². The third-order valence-corrected chi connectivity index (χ3v) is 8.65. The smallest absolute Gasteiger partial charge is 0.256 e. The molecule has 1 amide bonds. The number of benzene rings is 2. The van der Waals surface area contributed by atoms with Crippen LogP contribution in [0.5, 0.6) is 0 Å². The van der Waals surface area contributed by atoms with Crippen molar-refractivity contribution in [3.63, 3.8) is 0 Å². The van der Waals surface area contributed by atoms with Crippen molar-refractivity contribution in [1.82, 2.24) is 4.31 Å². The zero-order valence-electron chi connectivity index (χ0n) is 17.2. The van der Waals surface area contributed by atoms with Crippen molar-refractivity contribution >= 4 is 33.0 Å². The molecule has 30 heavy (non-hydrogen) atoms. The number of nitrogens with zero attached hydrogens (tertiary/aromatic N) is 1. The predicted octanol–water partition coefficient (Wildman–Crippen LogP) is 4.67. The Labute approximate surface area is 181 Å². The van der Waals surface area contributed by atoms with E-state index in [1.54, 1.807) is 17.5 Å². The number of amides is 1. The fourth-order valence-electron chi connectivity index (χ4n) is 4.08. The van der Waals surface area contributed by atoms with Gasteiger partial charge in [0.2, 0.25) is 0 Å². The van der Waals surface area contributed by atoms with E-state index in [9.17, 15) is 13.2 Å². The van der Waals surface area contributed by atoms with Gasteiger partial charge in [-0.05, 0) is 73.0 Å². The highest BCUT2D eigenvalue weighted by Gasteiger charge is 2.29. The summed E-state index contributed by atoms with van der Waals surface area (Å²) in [7, 11) is -3.49. The molecule has 1 aliphatic rings. The predicted molar refractivity (Wildman–Crippen MR) is 121 cm³/mol. The highest BCUT2D eigenvalue weighted by Crippen LogP contribution is 2.29. The van der Waals surface area contributed by atoms with Crippen LogP contribution in [0.15, 0.2) is 52.1 Å². The maximum atomic E-state index is 12.9. The lowest BCUT2D eigenvalue weighted by molar-refractivity contribution is 0.102. The van der Waals surface area contributed by atoms with E-state index in [0.29, 0.717) is 35.0 Å². The van der Waals surface area contributed by atoms with E-state index in [1.807, 2.05) is 51.1 Å². The number of hydrogen-bond donors (Lipinski definition) is 1. The van der Waals surface area contributed by atoms with Crippen LogP contribution in [0.2, 0.25) is 0 Å². The molecule has 0 fully saturated rings. The van der Waals surface area contributed by atoms with Gasteiger partial charge in [-0.1, -0.05) is 29.8 Å². The minimum atomic E-state index is -3.49. The van der Waals surface area contributed by atoms with Gasteiger partial charge in [0.1, 0.15) is 4.21 Å². The zero-order chi connectivity index (χ0) is 21.5. The van der Waals surface area contributed by atoms with Crippen LogP contribution in [0.1, 0.15) is 38.2 Å². The molecule has 0 atom stereocenters. The number of rotatable bonds is 4. The summed E-state index contributed by atoms with van der Waals surface area (Å²) in [6.45, 7) is 6.66. The molecule has 4 rings (SSSR count). The Morgan fingerprint density at radius 2 is 1.77 bits per heavy atom.